The third-order valence-electron chi connectivity index (χ3n) is 5.13. The van der Waals surface area contributed by atoms with Crippen molar-refractivity contribution in [3.63, 3.8) is 0 Å². The Labute approximate surface area is 175 Å². The number of hydrogen-bond donors (Lipinski definition) is 0. The summed E-state index contributed by atoms with van der Waals surface area (Å²) in [5.41, 5.74) is 0.600. The number of likely N-dealkylation sites (tertiary alicyclic amines) is 1. The van der Waals surface area contributed by atoms with Crippen molar-refractivity contribution < 1.29 is 13.9 Å². The fraction of sp³-hybridized carbons (Fsp3) is 0.409. The van der Waals surface area contributed by atoms with Gasteiger partial charge in [0.1, 0.15) is 11.6 Å². The molecule has 6 heteroatoms. The average molecular weight is 424 g/mol. The van der Waals surface area contributed by atoms with Gasteiger partial charge in [-0.3, -0.25) is 4.79 Å². The number of halogens is 3. The van der Waals surface area contributed by atoms with Crippen LogP contribution in [0.3, 0.4) is 0 Å². The third-order valence-corrected chi connectivity index (χ3v) is 5.86. The molecule has 2 aromatic carbocycles. The van der Waals surface area contributed by atoms with Gasteiger partial charge in [-0.25, -0.2) is 4.39 Å². The number of Topliss-reactive ketones (excluding diaryl/α,β-unsaturated/α-hetero) is 1. The number of benzene rings is 2. The summed E-state index contributed by atoms with van der Waals surface area (Å²) < 4.78 is 18.7. The molecule has 0 N–H and O–H groups in total. The Morgan fingerprint density at radius 1 is 1.07 bits per heavy atom. The van der Waals surface area contributed by atoms with Crippen molar-refractivity contribution in [1.29, 1.82) is 0 Å². The van der Waals surface area contributed by atoms with E-state index in [1.165, 1.54) is 12.1 Å². The highest BCUT2D eigenvalue weighted by molar-refractivity contribution is 6.42. The molecule has 0 bridgehead atoms. The van der Waals surface area contributed by atoms with Crippen LogP contribution in [0, 0.1) is 11.7 Å². The summed E-state index contributed by atoms with van der Waals surface area (Å²) in [5, 5.41) is 1.02. The van der Waals surface area contributed by atoms with Gasteiger partial charge in [0, 0.05) is 24.6 Å². The minimum Gasteiger partial charge on any atom is -0.493 e. The maximum atomic E-state index is 13.0. The van der Waals surface area contributed by atoms with Gasteiger partial charge in [0.15, 0.2) is 5.78 Å². The van der Waals surface area contributed by atoms with Gasteiger partial charge in [-0.15, -0.1) is 0 Å². The highest BCUT2D eigenvalue weighted by Gasteiger charge is 2.21. The third kappa shape index (κ3) is 6.20. The van der Waals surface area contributed by atoms with Gasteiger partial charge in [0.2, 0.25) is 0 Å². The first-order chi connectivity index (χ1) is 13.5. The van der Waals surface area contributed by atoms with E-state index in [2.05, 4.69) is 4.90 Å². The number of carbonyl (C=O) groups excluding carboxylic acids is 1. The van der Waals surface area contributed by atoms with E-state index in [0.717, 1.165) is 44.6 Å². The molecule has 28 heavy (non-hydrogen) atoms. The summed E-state index contributed by atoms with van der Waals surface area (Å²) in [6.07, 6.45) is 3.50. The first-order valence-corrected chi connectivity index (χ1v) is 10.4. The molecular weight excluding hydrogens is 400 g/mol. The minimum atomic E-state index is -0.312. The molecule has 0 spiro atoms. The van der Waals surface area contributed by atoms with Gasteiger partial charge in [0.25, 0.3) is 0 Å². The zero-order valence-electron chi connectivity index (χ0n) is 15.7. The molecule has 0 atom stereocenters. The Bertz CT molecular complexity index is 790. The van der Waals surface area contributed by atoms with Crippen LogP contribution in [0.25, 0.3) is 0 Å². The van der Waals surface area contributed by atoms with Crippen LogP contribution in [0.4, 0.5) is 4.39 Å². The van der Waals surface area contributed by atoms with E-state index >= 15 is 0 Å². The van der Waals surface area contributed by atoms with Crippen molar-refractivity contribution in [3.05, 3.63) is 63.9 Å². The topological polar surface area (TPSA) is 29.5 Å². The van der Waals surface area contributed by atoms with Crippen molar-refractivity contribution in [3.8, 4) is 5.75 Å². The smallest absolute Gasteiger partial charge is 0.163 e. The lowest BCUT2D eigenvalue weighted by Crippen LogP contribution is -2.35. The zero-order valence-corrected chi connectivity index (χ0v) is 17.2. The number of carbonyl (C=O) groups is 1. The molecule has 0 unspecified atom stereocenters. The lowest BCUT2D eigenvalue weighted by atomic mass is 9.90. The van der Waals surface area contributed by atoms with Crippen molar-refractivity contribution in [2.45, 2.75) is 25.7 Å². The first kappa shape index (κ1) is 21.1. The van der Waals surface area contributed by atoms with E-state index in [1.807, 2.05) is 6.07 Å². The fourth-order valence-corrected chi connectivity index (χ4v) is 3.76. The molecule has 2 aromatic rings. The zero-order chi connectivity index (χ0) is 19.9. The average Bonchev–Trinajstić information content (AvgIpc) is 2.69. The van der Waals surface area contributed by atoms with E-state index in [-0.39, 0.29) is 11.6 Å². The van der Waals surface area contributed by atoms with Crippen LogP contribution in [0.1, 0.15) is 36.0 Å². The summed E-state index contributed by atoms with van der Waals surface area (Å²) in [5.74, 6) is 0.926. The Morgan fingerprint density at radius 3 is 2.46 bits per heavy atom. The summed E-state index contributed by atoms with van der Waals surface area (Å²) in [6.45, 7) is 3.59. The second-order valence-corrected chi connectivity index (χ2v) is 8.01. The van der Waals surface area contributed by atoms with Crippen LogP contribution in [0.15, 0.2) is 42.5 Å². The second kappa shape index (κ2) is 10.2. The number of ether oxygens (including phenoxy) is 1. The van der Waals surface area contributed by atoms with Crippen molar-refractivity contribution in [2.75, 3.05) is 26.2 Å². The highest BCUT2D eigenvalue weighted by atomic mass is 35.5. The van der Waals surface area contributed by atoms with E-state index in [9.17, 15) is 9.18 Å². The Hall–Kier alpha value is -1.62. The molecule has 0 aliphatic carbocycles. The monoisotopic (exact) mass is 423 g/mol. The highest BCUT2D eigenvalue weighted by Crippen LogP contribution is 2.26. The van der Waals surface area contributed by atoms with Gasteiger partial charge >= 0.3 is 0 Å². The van der Waals surface area contributed by atoms with Crippen LogP contribution in [0.5, 0.6) is 5.75 Å². The Morgan fingerprint density at radius 2 is 1.79 bits per heavy atom. The second-order valence-electron chi connectivity index (χ2n) is 7.20. The van der Waals surface area contributed by atoms with Gasteiger partial charge < -0.3 is 9.64 Å². The maximum absolute atomic E-state index is 13.0. The summed E-state index contributed by atoms with van der Waals surface area (Å²) >= 11 is 11.9. The largest absolute Gasteiger partial charge is 0.493 e. The minimum absolute atomic E-state index is 0.105. The molecule has 1 aliphatic rings. The summed E-state index contributed by atoms with van der Waals surface area (Å²) in [6, 6.07) is 11.1. The normalized spacial score (nSPS) is 15.5. The lowest BCUT2D eigenvalue weighted by molar-refractivity contribution is 0.0925. The van der Waals surface area contributed by atoms with E-state index in [1.54, 1.807) is 24.3 Å². The first-order valence-electron chi connectivity index (χ1n) is 9.60. The van der Waals surface area contributed by atoms with E-state index in [4.69, 9.17) is 27.9 Å². The van der Waals surface area contributed by atoms with Crippen molar-refractivity contribution in [2.24, 2.45) is 5.92 Å². The molecule has 3 rings (SSSR count). The predicted molar refractivity (Wildman–Crippen MR) is 111 cm³/mol. The molecule has 0 amide bonds. The number of nitrogens with zero attached hydrogens (tertiary/aromatic N) is 1. The number of ketones is 1. The fourth-order valence-electron chi connectivity index (χ4n) is 3.47. The summed E-state index contributed by atoms with van der Waals surface area (Å²) in [4.78, 5) is 14.7. The van der Waals surface area contributed by atoms with Gasteiger partial charge in [0.05, 0.1) is 16.7 Å². The number of rotatable bonds is 8. The van der Waals surface area contributed by atoms with Gasteiger partial charge in [-0.1, -0.05) is 23.2 Å². The van der Waals surface area contributed by atoms with Crippen LogP contribution >= 0.6 is 23.2 Å². The van der Waals surface area contributed by atoms with Crippen LogP contribution in [-0.4, -0.2) is 36.9 Å². The lowest BCUT2D eigenvalue weighted by Gasteiger charge is -2.31. The van der Waals surface area contributed by atoms with Gasteiger partial charge in [-0.05, 0) is 74.7 Å². The molecule has 1 fully saturated rings. The van der Waals surface area contributed by atoms with Crippen molar-refractivity contribution >= 4 is 29.0 Å². The molecule has 1 aliphatic heterocycles. The quantitative estimate of drug-likeness (QED) is 0.391. The summed E-state index contributed by atoms with van der Waals surface area (Å²) in [7, 11) is 0. The predicted octanol–water partition coefficient (Wildman–Crippen LogP) is 5.89. The maximum Gasteiger partial charge on any atom is 0.163 e. The van der Waals surface area contributed by atoms with E-state index in [0.29, 0.717) is 34.6 Å². The SMILES string of the molecule is O=C(CC1CCN(CCCOc2ccc(Cl)c(Cl)c2)CC1)c1ccc(F)cc1. The van der Waals surface area contributed by atoms with Crippen LogP contribution < -0.4 is 4.74 Å². The van der Waals surface area contributed by atoms with Gasteiger partial charge in [-0.2, -0.15) is 0 Å². The molecule has 150 valence electrons. The molecule has 0 radical (unpaired) electrons. The molecule has 0 aromatic heterocycles. The Balaban J connectivity index is 1.33. The Kier molecular flexibility index (Phi) is 7.72. The standard InChI is InChI=1S/C22H24Cl2FNO2/c23-20-7-6-19(15-21(20)24)28-13-1-10-26-11-8-16(9-12-26)14-22(27)17-2-4-18(25)5-3-17/h2-7,15-16H,1,8-14H2. The van der Waals surface area contributed by atoms with E-state index < -0.39 is 0 Å². The number of hydrogen-bond acceptors (Lipinski definition) is 3. The molecule has 3 nitrogen and oxygen atoms in total. The molecule has 1 saturated heterocycles. The van der Waals surface area contributed by atoms with Crippen LogP contribution in [-0.2, 0) is 0 Å². The molecular formula is C22H24Cl2FNO2. The number of piperidine rings is 1. The van der Waals surface area contributed by atoms with Crippen molar-refractivity contribution in [1.82, 2.24) is 4.90 Å². The van der Waals surface area contributed by atoms with Crippen LogP contribution in [0.2, 0.25) is 10.0 Å². The molecule has 0 saturated carbocycles. The molecule has 1 heterocycles.